The Morgan fingerprint density at radius 2 is 2.24 bits per heavy atom. The van der Waals surface area contributed by atoms with Gasteiger partial charge >= 0.3 is 0 Å². The molecule has 0 radical (unpaired) electrons. The van der Waals surface area contributed by atoms with Crippen molar-refractivity contribution in [1.82, 2.24) is 15.5 Å². The molecule has 3 rings (SSSR count). The number of fused-ring (bicyclic) bond motifs is 1. The molecule has 0 spiro atoms. The summed E-state index contributed by atoms with van der Waals surface area (Å²) in [7, 11) is 0. The first-order valence-corrected chi connectivity index (χ1v) is 7.49. The van der Waals surface area contributed by atoms with E-state index in [0.717, 1.165) is 36.6 Å². The maximum absolute atomic E-state index is 12.2. The molecule has 0 unspecified atom stereocenters. The number of aliphatic hydroxyl groups is 1. The minimum Gasteiger partial charge on any atom is -0.388 e. The van der Waals surface area contributed by atoms with Crippen LogP contribution >= 0.6 is 0 Å². The summed E-state index contributed by atoms with van der Waals surface area (Å²) >= 11 is 0. The van der Waals surface area contributed by atoms with Gasteiger partial charge in [0, 0.05) is 17.5 Å². The van der Waals surface area contributed by atoms with E-state index in [9.17, 15) is 9.90 Å². The largest absolute Gasteiger partial charge is 0.388 e. The molecule has 0 aliphatic heterocycles. The summed E-state index contributed by atoms with van der Waals surface area (Å²) in [5.41, 5.74) is 0.755. The number of H-pyrrole nitrogens is 1. The predicted octanol–water partition coefficient (Wildman–Crippen LogP) is 2.23. The quantitative estimate of drug-likeness (QED) is 0.810. The molecule has 0 bridgehead atoms. The van der Waals surface area contributed by atoms with Gasteiger partial charge < -0.3 is 10.4 Å². The highest BCUT2D eigenvalue weighted by Crippen LogP contribution is 2.31. The number of carbonyl (C=O) groups is 1. The van der Waals surface area contributed by atoms with E-state index >= 15 is 0 Å². The number of nitrogens with one attached hydrogen (secondary N) is 2. The van der Waals surface area contributed by atoms with Crippen LogP contribution < -0.4 is 5.32 Å². The van der Waals surface area contributed by atoms with Gasteiger partial charge in [0.15, 0.2) is 0 Å². The zero-order chi connectivity index (χ0) is 14.9. The van der Waals surface area contributed by atoms with Crippen LogP contribution in [-0.4, -0.2) is 33.4 Å². The monoisotopic (exact) mass is 287 g/mol. The van der Waals surface area contributed by atoms with E-state index in [4.69, 9.17) is 0 Å². The van der Waals surface area contributed by atoms with Gasteiger partial charge in [-0.05, 0) is 49.8 Å². The number of hydrogen-bond acceptors (Lipinski definition) is 3. The van der Waals surface area contributed by atoms with Crippen molar-refractivity contribution in [2.24, 2.45) is 5.92 Å². The Morgan fingerprint density at radius 1 is 1.48 bits per heavy atom. The summed E-state index contributed by atoms with van der Waals surface area (Å²) in [6.07, 6.45) is 5.26. The fraction of sp³-hybridized carbons (Fsp3) is 0.500. The maximum Gasteiger partial charge on any atom is 0.251 e. The first kappa shape index (κ1) is 14.1. The summed E-state index contributed by atoms with van der Waals surface area (Å²) < 4.78 is 0. The number of benzene rings is 1. The second kappa shape index (κ2) is 5.48. The molecule has 0 saturated heterocycles. The van der Waals surface area contributed by atoms with Crippen molar-refractivity contribution in [2.45, 2.75) is 38.2 Å². The first-order valence-electron chi connectivity index (χ1n) is 7.49. The van der Waals surface area contributed by atoms with Gasteiger partial charge in [-0.1, -0.05) is 6.92 Å². The zero-order valence-electron chi connectivity index (χ0n) is 12.2. The molecule has 2 aromatic rings. The molecule has 1 heterocycles. The SMILES string of the molecule is CC1CCC(O)(CNC(=O)c2ccc3[nH]ncc3c2)CC1. The van der Waals surface area contributed by atoms with Crippen LogP contribution in [0.3, 0.4) is 0 Å². The summed E-state index contributed by atoms with van der Waals surface area (Å²) in [5, 5.41) is 21.1. The van der Waals surface area contributed by atoms with Crippen LogP contribution in [0.15, 0.2) is 24.4 Å². The third-order valence-electron chi connectivity index (χ3n) is 4.49. The molecular weight excluding hydrogens is 266 g/mol. The zero-order valence-corrected chi connectivity index (χ0v) is 12.2. The fourth-order valence-corrected chi connectivity index (χ4v) is 2.91. The van der Waals surface area contributed by atoms with Crippen LogP contribution in [0.25, 0.3) is 10.9 Å². The molecular formula is C16H21N3O2. The summed E-state index contributed by atoms with van der Waals surface area (Å²) in [6, 6.07) is 5.41. The number of rotatable bonds is 3. The predicted molar refractivity (Wildman–Crippen MR) is 81.0 cm³/mol. The van der Waals surface area contributed by atoms with Crippen molar-refractivity contribution < 1.29 is 9.90 Å². The van der Waals surface area contributed by atoms with E-state index < -0.39 is 5.60 Å². The van der Waals surface area contributed by atoms with E-state index in [1.807, 2.05) is 6.07 Å². The van der Waals surface area contributed by atoms with E-state index in [0.29, 0.717) is 18.0 Å². The standard InChI is InChI=1S/C16H21N3O2/c1-11-4-6-16(21,7-5-11)10-17-15(20)12-2-3-14-13(8-12)9-18-19-14/h2-3,8-9,11,21H,4-7,10H2,1H3,(H,17,20)(H,18,19). The van der Waals surface area contributed by atoms with Crippen LogP contribution in [-0.2, 0) is 0 Å². The Kier molecular flexibility index (Phi) is 3.68. The van der Waals surface area contributed by atoms with Crippen molar-refractivity contribution in [3.63, 3.8) is 0 Å². The molecule has 1 aromatic heterocycles. The van der Waals surface area contributed by atoms with Crippen molar-refractivity contribution in [3.8, 4) is 0 Å². The molecule has 1 fully saturated rings. The first-order chi connectivity index (χ1) is 10.1. The van der Waals surface area contributed by atoms with Crippen molar-refractivity contribution in [3.05, 3.63) is 30.0 Å². The Morgan fingerprint density at radius 3 is 3.00 bits per heavy atom. The lowest BCUT2D eigenvalue weighted by molar-refractivity contribution is -0.00539. The number of aromatic nitrogens is 2. The smallest absolute Gasteiger partial charge is 0.251 e. The highest BCUT2D eigenvalue weighted by atomic mass is 16.3. The molecule has 112 valence electrons. The van der Waals surface area contributed by atoms with Crippen molar-refractivity contribution in [1.29, 1.82) is 0 Å². The highest BCUT2D eigenvalue weighted by molar-refractivity contribution is 5.97. The minimum absolute atomic E-state index is 0.148. The van der Waals surface area contributed by atoms with Crippen molar-refractivity contribution in [2.75, 3.05) is 6.54 Å². The van der Waals surface area contributed by atoms with E-state index in [-0.39, 0.29) is 5.91 Å². The summed E-state index contributed by atoms with van der Waals surface area (Å²) in [4.78, 5) is 12.2. The average Bonchev–Trinajstić information content (AvgIpc) is 2.96. The highest BCUT2D eigenvalue weighted by Gasteiger charge is 2.32. The summed E-state index contributed by atoms with van der Waals surface area (Å²) in [6.45, 7) is 2.53. The van der Waals surface area contributed by atoms with Gasteiger partial charge in [0.2, 0.25) is 0 Å². The molecule has 5 nitrogen and oxygen atoms in total. The van der Waals surface area contributed by atoms with E-state index in [1.54, 1.807) is 18.3 Å². The number of hydrogen-bond donors (Lipinski definition) is 3. The molecule has 1 aliphatic carbocycles. The number of nitrogens with zero attached hydrogens (tertiary/aromatic N) is 1. The van der Waals surface area contributed by atoms with Crippen LogP contribution in [0.1, 0.15) is 43.0 Å². The van der Waals surface area contributed by atoms with Crippen LogP contribution in [0.2, 0.25) is 0 Å². The topological polar surface area (TPSA) is 78.0 Å². The average molecular weight is 287 g/mol. The molecule has 1 amide bonds. The summed E-state index contributed by atoms with van der Waals surface area (Å²) in [5.74, 6) is 0.523. The second-order valence-corrected chi connectivity index (χ2v) is 6.26. The van der Waals surface area contributed by atoms with Gasteiger partial charge in [0.05, 0.1) is 17.3 Å². The van der Waals surface area contributed by atoms with Gasteiger partial charge in [0.1, 0.15) is 0 Å². The lowest BCUT2D eigenvalue weighted by Gasteiger charge is -2.34. The Balaban J connectivity index is 1.63. The van der Waals surface area contributed by atoms with Crippen molar-refractivity contribution >= 4 is 16.8 Å². The second-order valence-electron chi connectivity index (χ2n) is 6.26. The van der Waals surface area contributed by atoms with Crippen LogP contribution in [0.5, 0.6) is 0 Å². The Bertz CT molecular complexity index is 642. The maximum atomic E-state index is 12.2. The third-order valence-corrected chi connectivity index (χ3v) is 4.49. The minimum atomic E-state index is -0.748. The van der Waals surface area contributed by atoms with Gasteiger partial charge in [-0.3, -0.25) is 9.89 Å². The lowest BCUT2D eigenvalue weighted by Crippen LogP contribution is -2.45. The number of carbonyl (C=O) groups excluding carboxylic acids is 1. The van der Waals surface area contributed by atoms with Crippen LogP contribution in [0.4, 0.5) is 0 Å². The Hall–Kier alpha value is -1.88. The lowest BCUT2D eigenvalue weighted by atomic mass is 9.79. The number of amides is 1. The molecule has 1 aliphatic rings. The molecule has 5 heteroatoms. The Labute approximate surface area is 123 Å². The molecule has 1 saturated carbocycles. The van der Waals surface area contributed by atoms with E-state index in [2.05, 4.69) is 22.4 Å². The normalized spacial score (nSPS) is 25.9. The molecule has 21 heavy (non-hydrogen) atoms. The van der Waals surface area contributed by atoms with Gasteiger partial charge in [0.25, 0.3) is 5.91 Å². The number of aromatic amines is 1. The van der Waals surface area contributed by atoms with E-state index in [1.165, 1.54) is 0 Å². The fourth-order valence-electron chi connectivity index (χ4n) is 2.91. The van der Waals surface area contributed by atoms with Gasteiger partial charge in [-0.2, -0.15) is 5.10 Å². The molecule has 1 aromatic carbocycles. The molecule has 0 atom stereocenters. The third kappa shape index (κ3) is 3.08. The molecule has 3 N–H and O–H groups in total. The van der Waals surface area contributed by atoms with Crippen LogP contribution in [0, 0.1) is 5.92 Å². The van der Waals surface area contributed by atoms with Gasteiger partial charge in [-0.15, -0.1) is 0 Å². The van der Waals surface area contributed by atoms with Gasteiger partial charge in [-0.25, -0.2) is 0 Å².